The van der Waals surface area contributed by atoms with E-state index >= 15 is 0 Å². The molecule has 0 amide bonds. The molecule has 2 N–H and O–H groups in total. The molecule has 14 heavy (non-hydrogen) atoms. The largest absolute Gasteiger partial charge is 0.465 e. The summed E-state index contributed by atoms with van der Waals surface area (Å²) in [4.78, 5) is 10.9. The summed E-state index contributed by atoms with van der Waals surface area (Å²) in [6, 6.07) is 7.76. The number of ether oxygens (including phenoxy) is 1. The minimum Gasteiger partial charge on any atom is -0.465 e. The van der Waals surface area contributed by atoms with Crippen LogP contribution in [0, 0.1) is 5.92 Å². The van der Waals surface area contributed by atoms with E-state index in [1.165, 1.54) is 5.56 Å². The molecule has 74 valence electrons. The van der Waals surface area contributed by atoms with Gasteiger partial charge in [0.1, 0.15) is 0 Å². The van der Waals surface area contributed by atoms with Crippen molar-refractivity contribution in [2.24, 2.45) is 5.92 Å². The van der Waals surface area contributed by atoms with Crippen LogP contribution in [0.15, 0.2) is 24.3 Å². The Morgan fingerprint density at radius 3 is 2.64 bits per heavy atom. The summed E-state index contributed by atoms with van der Waals surface area (Å²) in [5.74, 6) is 0.261. The third-order valence-corrected chi connectivity index (χ3v) is 2.44. The van der Waals surface area contributed by atoms with Crippen molar-refractivity contribution in [3.05, 3.63) is 29.8 Å². The Morgan fingerprint density at radius 2 is 2.07 bits per heavy atom. The summed E-state index contributed by atoms with van der Waals surface area (Å²) in [6.07, 6.45) is 1.44. The number of hydrogen-bond acceptors (Lipinski definition) is 3. The van der Waals surface area contributed by atoms with Gasteiger partial charge in [0, 0.05) is 11.6 Å². The molecule has 0 aromatic heterocycles. The Bertz CT molecular complexity index is 332. The molecule has 1 aliphatic rings. The Labute approximate surface area is 82.9 Å². The maximum absolute atomic E-state index is 10.9. The molecule has 1 atom stereocenters. The van der Waals surface area contributed by atoms with Crippen LogP contribution in [-0.4, -0.2) is 12.6 Å². The number of anilines is 1. The molecule has 1 heterocycles. The molecule has 0 saturated carbocycles. The molecular formula is C11H13NO2. The summed E-state index contributed by atoms with van der Waals surface area (Å²) in [5, 5.41) is 0. The van der Waals surface area contributed by atoms with Crippen LogP contribution in [0.4, 0.5) is 5.69 Å². The maximum Gasteiger partial charge on any atom is 0.306 e. The molecule has 1 aromatic rings. The zero-order valence-corrected chi connectivity index (χ0v) is 7.90. The predicted octanol–water partition coefficient (Wildman–Crippen LogP) is 1.37. The van der Waals surface area contributed by atoms with Gasteiger partial charge in [0.15, 0.2) is 0 Å². The summed E-state index contributed by atoms with van der Waals surface area (Å²) < 4.78 is 4.90. The smallest absolute Gasteiger partial charge is 0.306 e. The van der Waals surface area contributed by atoms with E-state index in [1.54, 1.807) is 0 Å². The minimum absolute atomic E-state index is 0.0783. The van der Waals surface area contributed by atoms with Gasteiger partial charge in [0.05, 0.1) is 13.0 Å². The lowest BCUT2D eigenvalue weighted by molar-refractivity contribution is -0.137. The van der Waals surface area contributed by atoms with Gasteiger partial charge in [0.25, 0.3) is 0 Å². The van der Waals surface area contributed by atoms with Crippen molar-refractivity contribution in [3.63, 3.8) is 0 Å². The normalized spacial score (nSPS) is 20.9. The Hall–Kier alpha value is -1.51. The van der Waals surface area contributed by atoms with Gasteiger partial charge >= 0.3 is 5.97 Å². The average molecular weight is 191 g/mol. The van der Waals surface area contributed by atoms with E-state index in [4.69, 9.17) is 10.5 Å². The Balaban J connectivity index is 1.97. The zero-order chi connectivity index (χ0) is 9.97. The van der Waals surface area contributed by atoms with Crippen molar-refractivity contribution in [1.82, 2.24) is 0 Å². The molecule has 1 fully saturated rings. The molecule has 1 aliphatic heterocycles. The van der Waals surface area contributed by atoms with E-state index in [9.17, 15) is 4.79 Å². The number of nitrogen functional groups attached to an aromatic ring is 1. The van der Waals surface area contributed by atoms with E-state index < -0.39 is 0 Å². The van der Waals surface area contributed by atoms with E-state index in [1.807, 2.05) is 24.3 Å². The van der Waals surface area contributed by atoms with Gasteiger partial charge in [-0.25, -0.2) is 0 Å². The van der Waals surface area contributed by atoms with Crippen molar-refractivity contribution >= 4 is 11.7 Å². The van der Waals surface area contributed by atoms with Crippen LogP contribution < -0.4 is 5.73 Å². The maximum atomic E-state index is 10.9. The van der Waals surface area contributed by atoms with Crippen LogP contribution in [0.1, 0.15) is 12.0 Å². The highest BCUT2D eigenvalue weighted by molar-refractivity contribution is 5.71. The van der Waals surface area contributed by atoms with Crippen LogP contribution in [0.5, 0.6) is 0 Å². The first-order valence-corrected chi connectivity index (χ1v) is 4.74. The molecule has 0 bridgehead atoms. The lowest BCUT2D eigenvalue weighted by Gasteiger charge is -2.05. The second-order valence-electron chi connectivity index (χ2n) is 3.70. The summed E-state index contributed by atoms with van der Waals surface area (Å²) >= 11 is 0. The number of nitrogens with two attached hydrogens (primary N) is 1. The number of benzene rings is 1. The fraction of sp³-hybridized carbons (Fsp3) is 0.364. The van der Waals surface area contributed by atoms with Crippen molar-refractivity contribution in [1.29, 1.82) is 0 Å². The first-order chi connectivity index (χ1) is 6.74. The fourth-order valence-electron chi connectivity index (χ4n) is 1.68. The first-order valence-electron chi connectivity index (χ1n) is 4.74. The standard InChI is InChI=1S/C11H13NO2/c12-10-3-1-8(2-4-10)5-9-6-11(13)14-7-9/h1-4,9H,5-7,12H2/t9-/m1/s1. The number of carbonyl (C=O) groups is 1. The van der Waals surface area contributed by atoms with Crippen molar-refractivity contribution < 1.29 is 9.53 Å². The van der Waals surface area contributed by atoms with Gasteiger partial charge in [-0.1, -0.05) is 12.1 Å². The molecule has 3 heteroatoms. The molecule has 1 aromatic carbocycles. The lowest BCUT2D eigenvalue weighted by atomic mass is 9.98. The van der Waals surface area contributed by atoms with E-state index in [0.717, 1.165) is 12.1 Å². The van der Waals surface area contributed by atoms with Gasteiger partial charge in [-0.2, -0.15) is 0 Å². The molecule has 2 rings (SSSR count). The minimum atomic E-state index is -0.0783. The van der Waals surface area contributed by atoms with Crippen LogP contribution in [-0.2, 0) is 16.0 Å². The highest BCUT2D eigenvalue weighted by Crippen LogP contribution is 2.19. The Morgan fingerprint density at radius 1 is 1.36 bits per heavy atom. The van der Waals surface area contributed by atoms with Gasteiger partial charge < -0.3 is 10.5 Å². The van der Waals surface area contributed by atoms with Crippen molar-refractivity contribution in [3.8, 4) is 0 Å². The number of hydrogen-bond donors (Lipinski definition) is 1. The van der Waals surface area contributed by atoms with Crippen LogP contribution in [0.25, 0.3) is 0 Å². The monoisotopic (exact) mass is 191 g/mol. The third kappa shape index (κ3) is 2.05. The number of cyclic esters (lactones) is 1. The summed E-state index contributed by atoms with van der Waals surface area (Å²) in [6.45, 7) is 0.559. The SMILES string of the molecule is Nc1ccc(C[C@H]2COC(=O)C2)cc1. The first kappa shape index (κ1) is 9.06. The fourth-order valence-corrected chi connectivity index (χ4v) is 1.68. The Kier molecular flexibility index (Phi) is 2.39. The molecule has 0 unspecified atom stereocenters. The molecular weight excluding hydrogens is 178 g/mol. The summed E-state index contributed by atoms with van der Waals surface area (Å²) in [5.41, 5.74) is 7.56. The zero-order valence-electron chi connectivity index (χ0n) is 7.90. The van der Waals surface area contributed by atoms with Crippen molar-refractivity contribution in [2.45, 2.75) is 12.8 Å². The van der Waals surface area contributed by atoms with Gasteiger partial charge in [0.2, 0.25) is 0 Å². The quantitative estimate of drug-likeness (QED) is 0.567. The van der Waals surface area contributed by atoms with E-state index in [0.29, 0.717) is 18.9 Å². The lowest BCUT2D eigenvalue weighted by Crippen LogP contribution is -2.03. The number of esters is 1. The second-order valence-corrected chi connectivity index (χ2v) is 3.70. The summed E-state index contributed by atoms with van der Waals surface area (Å²) in [7, 11) is 0. The highest BCUT2D eigenvalue weighted by Gasteiger charge is 2.23. The highest BCUT2D eigenvalue weighted by atomic mass is 16.5. The van der Waals surface area contributed by atoms with E-state index in [-0.39, 0.29) is 5.97 Å². The van der Waals surface area contributed by atoms with Crippen LogP contribution in [0.3, 0.4) is 0 Å². The third-order valence-electron chi connectivity index (χ3n) is 2.44. The topological polar surface area (TPSA) is 52.3 Å². The molecule has 0 spiro atoms. The van der Waals surface area contributed by atoms with Crippen molar-refractivity contribution in [2.75, 3.05) is 12.3 Å². The number of carbonyl (C=O) groups excluding carboxylic acids is 1. The molecule has 1 saturated heterocycles. The van der Waals surface area contributed by atoms with Crippen LogP contribution >= 0.6 is 0 Å². The van der Waals surface area contributed by atoms with E-state index in [2.05, 4.69) is 0 Å². The molecule has 0 radical (unpaired) electrons. The molecule has 0 aliphatic carbocycles. The van der Waals surface area contributed by atoms with Gasteiger partial charge in [-0.3, -0.25) is 4.79 Å². The second kappa shape index (κ2) is 3.70. The predicted molar refractivity (Wildman–Crippen MR) is 53.6 cm³/mol. The van der Waals surface area contributed by atoms with Gasteiger partial charge in [-0.05, 0) is 24.1 Å². The molecule has 3 nitrogen and oxygen atoms in total. The van der Waals surface area contributed by atoms with Gasteiger partial charge in [-0.15, -0.1) is 0 Å². The average Bonchev–Trinajstić information content (AvgIpc) is 2.56. The van der Waals surface area contributed by atoms with Crippen LogP contribution in [0.2, 0.25) is 0 Å². The number of rotatable bonds is 2.